The molecule has 2 aliphatic rings. The first kappa shape index (κ1) is 16.3. The fourth-order valence-corrected chi connectivity index (χ4v) is 3.76. The van der Waals surface area contributed by atoms with Gasteiger partial charge in [0.1, 0.15) is 0 Å². The van der Waals surface area contributed by atoms with Crippen LogP contribution in [0.25, 0.3) is 0 Å². The number of hydrogen-bond acceptors (Lipinski definition) is 4. The van der Waals surface area contributed by atoms with E-state index < -0.39 is 5.97 Å². The van der Waals surface area contributed by atoms with Gasteiger partial charge in [0.05, 0.1) is 12.2 Å². The third kappa shape index (κ3) is 4.45. The molecular weight excluding hydrogens is 314 g/mol. The molecule has 0 radical (unpaired) electrons. The van der Waals surface area contributed by atoms with E-state index in [4.69, 9.17) is 5.11 Å². The van der Waals surface area contributed by atoms with Crippen molar-refractivity contribution >= 4 is 29.0 Å². The Kier molecular flexibility index (Phi) is 4.87. The van der Waals surface area contributed by atoms with Crippen LogP contribution in [0.1, 0.15) is 31.2 Å². The second-order valence-electron chi connectivity index (χ2n) is 6.66. The number of rotatable bonds is 7. The van der Waals surface area contributed by atoms with Gasteiger partial charge in [-0.1, -0.05) is 0 Å². The first-order chi connectivity index (χ1) is 11.0. The Balaban J connectivity index is 1.43. The molecule has 2 fully saturated rings. The third-order valence-corrected chi connectivity index (χ3v) is 5.46. The molecule has 0 aromatic carbocycles. The van der Waals surface area contributed by atoms with Crippen molar-refractivity contribution in [1.29, 1.82) is 0 Å². The first-order valence-electron chi connectivity index (χ1n) is 8.07. The molecule has 1 heterocycles. The summed E-state index contributed by atoms with van der Waals surface area (Å²) in [4.78, 5) is 25.1. The monoisotopic (exact) mass is 337 g/mol. The summed E-state index contributed by atoms with van der Waals surface area (Å²) in [6, 6.07) is 0.233. The SMILES string of the molecule is Cc1cscc1NC(=O)NC1CC(N(CC(=O)O)CC2CC2)C1. The number of aryl methyl sites for hydroxylation is 1. The van der Waals surface area contributed by atoms with Crippen LogP contribution in [0.3, 0.4) is 0 Å². The zero-order valence-electron chi connectivity index (χ0n) is 13.2. The zero-order chi connectivity index (χ0) is 16.4. The van der Waals surface area contributed by atoms with Crippen molar-refractivity contribution in [2.45, 2.75) is 44.7 Å². The van der Waals surface area contributed by atoms with E-state index in [9.17, 15) is 9.59 Å². The lowest BCUT2D eigenvalue weighted by atomic mass is 9.85. The van der Waals surface area contributed by atoms with E-state index in [2.05, 4.69) is 15.5 Å². The minimum atomic E-state index is -0.771. The summed E-state index contributed by atoms with van der Waals surface area (Å²) in [7, 11) is 0. The highest BCUT2D eigenvalue weighted by Crippen LogP contribution is 2.33. The second-order valence-corrected chi connectivity index (χ2v) is 7.40. The van der Waals surface area contributed by atoms with Crippen LogP contribution in [0.2, 0.25) is 0 Å². The number of nitrogens with one attached hydrogen (secondary N) is 2. The fourth-order valence-electron chi connectivity index (χ4n) is 2.98. The third-order valence-electron chi connectivity index (χ3n) is 4.60. The van der Waals surface area contributed by atoms with Gasteiger partial charge in [-0.15, -0.1) is 11.3 Å². The average molecular weight is 337 g/mol. The Labute approximate surface area is 139 Å². The Morgan fingerprint density at radius 1 is 1.35 bits per heavy atom. The van der Waals surface area contributed by atoms with Crippen molar-refractivity contribution in [2.24, 2.45) is 5.92 Å². The average Bonchev–Trinajstić information content (AvgIpc) is 3.16. The standard InChI is InChI=1S/C16H23N3O3S/c1-10-8-23-9-14(10)18-16(22)17-12-4-13(5-12)19(7-15(20)21)6-11-2-3-11/h8-9,11-13H,2-7H2,1H3,(H,20,21)(H2,17,18,22). The number of carbonyl (C=O) groups excluding carboxylic acids is 1. The number of amides is 2. The van der Waals surface area contributed by atoms with Crippen LogP contribution in [-0.4, -0.2) is 47.2 Å². The van der Waals surface area contributed by atoms with Crippen molar-refractivity contribution in [2.75, 3.05) is 18.4 Å². The molecule has 126 valence electrons. The van der Waals surface area contributed by atoms with Crippen LogP contribution < -0.4 is 10.6 Å². The predicted molar refractivity (Wildman–Crippen MR) is 90.0 cm³/mol. The molecule has 2 aliphatic carbocycles. The Morgan fingerprint density at radius 3 is 2.65 bits per heavy atom. The minimum absolute atomic E-state index is 0.105. The van der Waals surface area contributed by atoms with Gasteiger partial charge >= 0.3 is 12.0 Å². The lowest BCUT2D eigenvalue weighted by Gasteiger charge is -2.42. The Bertz CT molecular complexity index is 579. The number of aliphatic carboxylic acids is 1. The summed E-state index contributed by atoms with van der Waals surface area (Å²) in [6.45, 7) is 2.95. The molecule has 0 bridgehead atoms. The highest BCUT2D eigenvalue weighted by Gasteiger charge is 2.37. The number of anilines is 1. The molecule has 1 aromatic rings. The van der Waals surface area contributed by atoms with Gasteiger partial charge in [0.25, 0.3) is 0 Å². The van der Waals surface area contributed by atoms with E-state index in [-0.39, 0.29) is 24.7 Å². The molecule has 23 heavy (non-hydrogen) atoms. The van der Waals surface area contributed by atoms with Gasteiger partial charge in [-0.05, 0) is 49.5 Å². The highest BCUT2D eigenvalue weighted by atomic mass is 32.1. The van der Waals surface area contributed by atoms with Gasteiger partial charge in [0.15, 0.2) is 0 Å². The van der Waals surface area contributed by atoms with Crippen LogP contribution in [0.4, 0.5) is 10.5 Å². The van der Waals surface area contributed by atoms with E-state index in [1.165, 1.54) is 12.8 Å². The summed E-state index contributed by atoms with van der Waals surface area (Å²) >= 11 is 1.56. The van der Waals surface area contributed by atoms with E-state index in [1.807, 2.05) is 17.7 Å². The van der Waals surface area contributed by atoms with E-state index in [0.717, 1.165) is 30.6 Å². The van der Waals surface area contributed by atoms with E-state index in [1.54, 1.807) is 11.3 Å². The summed E-state index contributed by atoms with van der Waals surface area (Å²) in [5, 5.41) is 18.8. The molecule has 3 rings (SSSR count). The number of thiophene rings is 1. The van der Waals surface area contributed by atoms with Gasteiger partial charge in [0.2, 0.25) is 0 Å². The maximum atomic E-state index is 12.0. The van der Waals surface area contributed by atoms with Crippen molar-refractivity contribution < 1.29 is 14.7 Å². The van der Waals surface area contributed by atoms with Crippen LogP contribution >= 0.6 is 11.3 Å². The lowest BCUT2D eigenvalue weighted by molar-refractivity contribution is -0.139. The van der Waals surface area contributed by atoms with Crippen LogP contribution in [0, 0.1) is 12.8 Å². The number of carbonyl (C=O) groups is 2. The van der Waals surface area contributed by atoms with Crippen LogP contribution in [0.5, 0.6) is 0 Å². The summed E-state index contributed by atoms with van der Waals surface area (Å²) in [6.07, 6.45) is 4.09. The zero-order valence-corrected chi connectivity index (χ0v) is 14.1. The summed E-state index contributed by atoms with van der Waals surface area (Å²) in [5.41, 5.74) is 1.92. The van der Waals surface area contributed by atoms with Crippen molar-refractivity contribution in [3.63, 3.8) is 0 Å². The molecule has 0 aliphatic heterocycles. The maximum Gasteiger partial charge on any atom is 0.319 e. The molecular formula is C16H23N3O3S. The van der Waals surface area contributed by atoms with Gasteiger partial charge in [-0.2, -0.15) is 0 Å². The highest BCUT2D eigenvalue weighted by molar-refractivity contribution is 7.08. The number of hydrogen-bond donors (Lipinski definition) is 3. The molecule has 3 N–H and O–H groups in total. The molecule has 0 spiro atoms. The Morgan fingerprint density at radius 2 is 2.09 bits per heavy atom. The van der Waals surface area contributed by atoms with E-state index in [0.29, 0.717) is 5.92 Å². The van der Waals surface area contributed by atoms with Crippen LogP contribution in [0.15, 0.2) is 10.8 Å². The Hall–Kier alpha value is -1.60. The second kappa shape index (κ2) is 6.88. The number of carboxylic acid groups (broad SMARTS) is 1. The van der Waals surface area contributed by atoms with Crippen LogP contribution in [-0.2, 0) is 4.79 Å². The number of carboxylic acids is 1. The normalized spacial score (nSPS) is 23.4. The number of nitrogens with zero attached hydrogens (tertiary/aromatic N) is 1. The molecule has 6 nitrogen and oxygen atoms in total. The molecule has 0 saturated heterocycles. The topological polar surface area (TPSA) is 81.7 Å². The molecule has 2 saturated carbocycles. The molecule has 1 aromatic heterocycles. The van der Waals surface area contributed by atoms with Gasteiger partial charge in [-0.3, -0.25) is 9.69 Å². The first-order valence-corrected chi connectivity index (χ1v) is 9.01. The molecule has 2 amide bonds. The van der Waals surface area contributed by atoms with Crippen molar-refractivity contribution in [3.05, 3.63) is 16.3 Å². The fraction of sp³-hybridized carbons (Fsp3) is 0.625. The lowest BCUT2D eigenvalue weighted by Crippen LogP contribution is -2.55. The summed E-state index contributed by atoms with van der Waals surface area (Å²) < 4.78 is 0. The van der Waals surface area contributed by atoms with Gasteiger partial charge in [0, 0.05) is 24.0 Å². The molecule has 0 unspecified atom stereocenters. The number of urea groups is 1. The summed E-state index contributed by atoms with van der Waals surface area (Å²) in [5.74, 6) is -0.0982. The molecule has 7 heteroatoms. The van der Waals surface area contributed by atoms with Gasteiger partial charge in [-0.25, -0.2) is 4.79 Å². The van der Waals surface area contributed by atoms with E-state index >= 15 is 0 Å². The quantitative estimate of drug-likeness (QED) is 0.714. The van der Waals surface area contributed by atoms with Gasteiger partial charge < -0.3 is 15.7 Å². The molecule has 0 atom stereocenters. The maximum absolute atomic E-state index is 12.0. The van der Waals surface area contributed by atoms with Crippen molar-refractivity contribution in [3.8, 4) is 0 Å². The smallest absolute Gasteiger partial charge is 0.319 e. The predicted octanol–water partition coefficient (Wildman–Crippen LogP) is 2.51. The largest absolute Gasteiger partial charge is 0.480 e. The van der Waals surface area contributed by atoms with Crippen molar-refractivity contribution in [1.82, 2.24) is 10.2 Å². The minimum Gasteiger partial charge on any atom is -0.480 e.